The summed E-state index contributed by atoms with van der Waals surface area (Å²) in [5.74, 6) is 0. The van der Waals surface area contributed by atoms with Crippen LogP contribution >= 0.6 is 0 Å². The van der Waals surface area contributed by atoms with Crippen molar-refractivity contribution in [3.8, 4) is 0 Å². The lowest BCUT2D eigenvalue weighted by molar-refractivity contribution is -0.910. The quantitative estimate of drug-likeness (QED) is 0.0759. The van der Waals surface area contributed by atoms with Crippen molar-refractivity contribution < 1.29 is 31.5 Å². The van der Waals surface area contributed by atoms with Crippen LogP contribution < -0.4 is 5.26 Å². The van der Waals surface area contributed by atoms with Gasteiger partial charge in [0, 0.05) is 0 Å². The summed E-state index contributed by atoms with van der Waals surface area (Å²) in [6.45, 7) is 22.1. The fourth-order valence-corrected chi connectivity index (χ4v) is 3.91. The van der Waals surface area contributed by atoms with Crippen LogP contribution in [0.15, 0.2) is 0 Å². The van der Waals surface area contributed by atoms with E-state index in [0.717, 1.165) is 0 Å². The summed E-state index contributed by atoms with van der Waals surface area (Å²) in [6, 6.07) is 0. The predicted octanol–water partition coefficient (Wildman–Crippen LogP) is 5.41. The van der Waals surface area contributed by atoms with E-state index in [1.807, 2.05) is 0 Å². The predicted molar refractivity (Wildman–Crippen MR) is 142 cm³/mol. The fraction of sp³-hybridized carbons (Fsp3) is 1.00. The van der Waals surface area contributed by atoms with Gasteiger partial charge in [0.05, 0.1) is 53.4 Å². The van der Waals surface area contributed by atoms with E-state index < -0.39 is 10.4 Å². The molecule has 8 heteroatoms. The third kappa shape index (κ3) is 28.0. The van der Waals surface area contributed by atoms with Crippen molar-refractivity contribution in [1.29, 1.82) is 0 Å². The maximum Gasteiger partial charge on any atom is 0.208 e. The van der Waals surface area contributed by atoms with E-state index in [4.69, 9.17) is 18.2 Å². The lowest BCUT2D eigenvalue weighted by Gasteiger charge is -2.34. The van der Waals surface area contributed by atoms with Crippen molar-refractivity contribution in [2.75, 3.05) is 53.4 Å². The summed E-state index contributed by atoms with van der Waals surface area (Å²) < 4.78 is 31.5. The van der Waals surface area contributed by atoms with E-state index in [-0.39, 0.29) is 0 Å². The zero-order valence-electron chi connectivity index (χ0n) is 24.1. The number of unbranched alkanes of at least 4 members (excludes halogenated alkanes) is 6. The van der Waals surface area contributed by atoms with Gasteiger partial charge < -0.3 is 23.1 Å². The number of quaternary nitrogens is 2. The van der Waals surface area contributed by atoms with Crippen LogP contribution in [0.3, 0.4) is 0 Å². The minimum absolute atomic E-state index is 1.32. The average molecular weight is 513 g/mol. The van der Waals surface area contributed by atoms with E-state index >= 15 is 0 Å². The maximum absolute atomic E-state index is 8.91. The van der Waals surface area contributed by atoms with Crippen molar-refractivity contribution in [2.45, 2.75) is 119 Å². The minimum atomic E-state index is -4.97. The molecular weight excluding hydrogens is 452 g/mol. The van der Waals surface area contributed by atoms with Gasteiger partial charge in [-0.05, 0) is 38.5 Å². The zero-order chi connectivity index (χ0) is 26.9. The molecule has 0 saturated heterocycles. The van der Waals surface area contributed by atoms with Crippen LogP contribution in [0.1, 0.15) is 119 Å². The van der Waals surface area contributed by atoms with Gasteiger partial charge in [0.25, 0.3) is 0 Å². The van der Waals surface area contributed by atoms with Crippen molar-refractivity contribution in [3.63, 3.8) is 0 Å². The molecule has 34 heavy (non-hydrogen) atoms. The van der Waals surface area contributed by atoms with Gasteiger partial charge in [0.15, 0.2) is 0 Å². The molecule has 0 amide bonds. The van der Waals surface area contributed by atoms with Crippen LogP contribution in [-0.4, -0.2) is 75.3 Å². The highest BCUT2D eigenvalue weighted by molar-refractivity contribution is 7.80. The highest BCUT2D eigenvalue weighted by Gasteiger charge is 2.19. The second kappa shape index (κ2) is 24.4. The van der Waals surface area contributed by atoms with E-state index in [1.54, 1.807) is 0 Å². The molecule has 0 aromatic heterocycles. The summed E-state index contributed by atoms with van der Waals surface area (Å²) in [5, 5.41) is 8.55. The van der Waals surface area contributed by atoms with E-state index in [9.17, 15) is 0 Å². The maximum atomic E-state index is 8.91. The molecule has 0 aliphatic carbocycles. The number of rotatable bonds is 19. The first-order valence-corrected chi connectivity index (χ1v) is 15.2. The molecule has 0 aliphatic heterocycles. The Morgan fingerprint density at radius 3 is 0.765 bits per heavy atom. The molecular formula is C26H60N2O5S. The standard InChI is InChI=1S/2C13H30N.H2O5S/c2*1-5-8-11-14(4,12-9-6-2)13-10-7-3;1-5-6(2,3)4/h2*5-13H2,1-4H3;1H,(H,2,3,4)/q2*+1;/p-2. The van der Waals surface area contributed by atoms with Gasteiger partial charge >= 0.3 is 0 Å². The van der Waals surface area contributed by atoms with Gasteiger partial charge in [-0.3, -0.25) is 0 Å². The van der Waals surface area contributed by atoms with Gasteiger partial charge in [-0.2, -0.15) is 0 Å². The molecule has 0 aromatic rings. The summed E-state index contributed by atoms with van der Waals surface area (Å²) in [4.78, 5) is 0. The van der Waals surface area contributed by atoms with Crippen molar-refractivity contribution in [3.05, 3.63) is 0 Å². The Labute approximate surface area is 213 Å². The minimum Gasteiger partial charge on any atom is -0.726 e. The first-order chi connectivity index (χ1) is 15.9. The molecule has 0 bridgehead atoms. The van der Waals surface area contributed by atoms with Gasteiger partial charge in [0.2, 0.25) is 10.4 Å². The van der Waals surface area contributed by atoms with Gasteiger partial charge in [0.1, 0.15) is 0 Å². The number of hydrogen-bond donors (Lipinski definition) is 0. The smallest absolute Gasteiger partial charge is 0.208 e. The Balaban J connectivity index is -0.000000458. The molecule has 0 N–H and O–H groups in total. The Morgan fingerprint density at radius 1 is 0.529 bits per heavy atom. The third-order valence-electron chi connectivity index (χ3n) is 6.39. The zero-order valence-corrected chi connectivity index (χ0v) is 24.9. The van der Waals surface area contributed by atoms with E-state index in [1.165, 1.54) is 125 Å². The molecule has 0 aromatic carbocycles. The normalized spacial score (nSPS) is 11.9. The van der Waals surface area contributed by atoms with Crippen LogP contribution in [0.5, 0.6) is 0 Å². The highest BCUT2D eigenvalue weighted by Crippen LogP contribution is 2.11. The molecule has 0 aliphatic rings. The molecule has 0 spiro atoms. The second-order valence-corrected chi connectivity index (χ2v) is 11.1. The summed E-state index contributed by atoms with van der Waals surface area (Å²) in [5.41, 5.74) is 0. The van der Waals surface area contributed by atoms with Crippen molar-refractivity contribution >= 4 is 10.4 Å². The molecule has 0 radical (unpaired) electrons. The Bertz CT molecular complexity index is 442. The molecule has 7 nitrogen and oxygen atoms in total. The molecule has 0 atom stereocenters. The topological polar surface area (TPSA) is 89.5 Å². The third-order valence-corrected chi connectivity index (χ3v) is 6.56. The lowest BCUT2D eigenvalue weighted by atomic mass is 10.2. The van der Waals surface area contributed by atoms with Crippen LogP contribution in [-0.2, 0) is 14.7 Å². The summed E-state index contributed by atoms with van der Waals surface area (Å²) in [6.07, 6.45) is 16.4. The SMILES string of the molecule is CCCC[N+](C)(CCCC)CCCC.CCCC[N+](C)(CCCC)CCCC.O=S(=O)([O-])O[O-]. The monoisotopic (exact) mass is 512 g/mol. The Morgan fingerprint density at radius 2 is 0.676 bits per heavy atom. The molecule has 0 unspecified atom stereocenters. The van der Waals surface area contributed by atoms with Crippen LogP contribution in [0.25, 0.3) is 0 Å². The first-order valence-electron chi connectivity index (χ1n) is 13.9. The van der Waals surface area contributed by atoms with Crippen LogP contribution in [0.2, 0.25) is 0 Å². The molecule has 0 heterocycles. The van der Waals surface area contributed by atoms with E-state index in [0.29, 0.717) is 0 Å². The highest BCUT2D eigenvalue weighted by atomic mass is 32.3. The number of hydrogen-bond acceptors (Lipinski definition) is 5. The van der Waals surface area contributed by atoms with Gasteiger partial charge in [-0.25, -0.2) is 8.42 Å². The molecule has 0 fully saturated rings. The van der Waals surface area contributed by atoms with Crippen LogP contribution in [0, 0.1) is 0 Å². The summed E-state index contributed by atoms with van der Waals surface area (Å²) in [7, 11) is -0.0768. The fourth-order valence-electron chi connectivity index (χ4n) is 3.91. The lowest BCUT2D eigenvalue weighted by Crippen LogP contribution is -2.46. The van der Waals surface area contributed by atoms with E-state index in [2.05, 4.69) is 60.0 Å². The molecule has 0 saturated carbocycles. The second-order valence-electron chi connectivity index (χ2n) is 10.2. The summed E-state index contributed by atoms with van der Waals surface area (Å²) >= 11 is 0. The van der Waals surface area contributed by atoms with Gasteiger partial charge in [-0.15, -0.1) is 0 Å². The van der Waals surface area contributed by atoms with Gasteiger partial charge in [-0.1, -0.05) is 80.1 Å². The first kappa shape index (κ1) is 38.3. The number of nitrogens with zero attached hydrogens (tertiary/aromatic N) is 2. The van der Waals surface area contributed by atoms with Crippen molar-refractivity contribution in [1.82, 2.24) is 0 Å². The average Bonchev–Trinajstić information content (AvgIpc) is 2.82. The largest absolute Gasteiger partial charge is 0.726 e. The molecule has 0 rings (SSSR count). The Kier molecular flexibility index (Phi) is 27.5. The Hall–Kier alpha value is -0.250. The van der Waals surface area contributed by atoms with Crippen LogP contribution in [0.4, 0.5) is 0 Å². The molecule has 210 valence electrons. The van der Waals surface area contributed by atoms with Crippen molar-refractivity contribution in [2.24, 2.45) is 0 Å².